The van der Waals surface area contributed by atoms with E-state index in [0.717, 1.165) is 10.4 Å². The highest BCUT2D eigenvalue weighted by atomic mass is 32.2. The van der Waals surface area contributed by atoms with Crippen molar-refractivity contribution >= 4 is 10.0 Å². The van der Waals surface area contributed by atoms with E-state index in [9.17, 15) is 17.2 Å². The van der Waals surface area contributed by atoms with Crippen LogP contribution in [0, 0.1) is 18.6 Å². The average Bonchev–Trinajstić information content (AvgIpc) is 2.23. The molecule has 0 saturated carbocycles. The first-order valence-electron chi connectivity index (χ1n) is 4.83. The van der Waals surface area contributed by atoms with E-state index in [1.165, 1.54) is 14.0 Å². The summed E-state index contributed by atoms with van der Waals surface area (Å²) < 4.78 is 51.0. The van der Waals surface area contributed by atoms with Crippen molar-refractivity contribution in [2.75, 3.05) is 20.2 Å². The van der Waals surface area contributed by atoms with Crippen LogP contribution in [-0.2, 0) is 10.0 Å². The first kappa shape index (κ1) is 14.0. The molecule has 0 saturated heterocycles. The van der Waals surface area contributed by atoms with E-state index >= 15 is 0 Å². The molecule has 0 aliphatic rings. The first-order valence-corrected chi connectivity index (χ1v) is 6.27. The molecule has 17 heavy (non-hydrogen) atoms. The fraction of sp³-hybridized carbons (Fsp3) is 0.400. The summed E-state index contributed by atoms with van der Waals surface area (Å²) in [6, 6.07) is 1.48. The number of aliphatic hydroxyl groups is 1. The zero-order valence-electron chi connectivity index (χ0n) is 9.44. The molecule has 0 amide bonds. The standard InChI is InChI=1S/C10H13F2NO3S/c1-7-5-10(9(12)6-8(7)11)17(15,16)13(2)3-4-14/h5-6,14H,3-4H2,1-2H3. The zero-order valence-corrected chi connectivity index (χ0v) is 10.3. The lowest BCUT2D eigenvalue weighted by Gasteiger charge is -2.16. The lowest BCUT2D eigenvalue weighted by Crippen LogP contribution is -2.30. The molecule has 1 rings (SSSR count). The van der Waals surface area contributed by atoms with E-state index in [2.05, 4.69) is 0 Å². The van der Waals surface area contributed by atoms with Crippen molar-refractivity contribution in [3.05, 3.63) is 29.3 Å². The summed E-state index contributed by atoms with van der Waals surface area (Å²) in [5, 5.41) is 8.66. The number of nitrogens with zero attached hydrogens (tertiary/aromatic N) is 1. The lowest BCUT2D eigenvalue weighted by atomic mass is 10.2. The van der Waals surface area contributed by atoms with Crippen LogP contribution in [0.3, 0.4) is 0 Å². The van der Waals surface area contributed by atoms with E-state index in [-0.39, 0.29) is 18.7 Å². The van der Waals surface area contributed by atoms with Crippen LogP contribution in [0.25, 0.3) is 0 Å². The van der Waals surface area contributed by atoms with Crippen molar-refractivity contribution < 1.29 is 22.3 Å². The van der Waals surface area contributed by atoms with Gasteiger partial charge >= 0.3 is 0 Å². The topological polar surface area (TPSA) is 57.6 Å². The van der Waals surface area contributed by atoms with Gasteiger partial charge in [0.2, 0.25) is 10.0 Å². The summed E-state index contributed by atoms with van der Waals surface area (Å²) >= 11 is 0. The van der Waals surface area contributed by atoms with Gasteiger partial charge in [-0.2, -0.15) is 4.31 Å². The van der Waals surface area contributed by atoms with Gasteiger partial charge in [-0.15, -0.1) is 0 Å². The first-order chi connectivity index (χ1) is 7.80. The molecular formula is C10H13F2NO3S. The summed E-state index contributed by atoms with van der Waals surface area (Å²) in [7, 11) is -2.83. The summed E-state index contributed by atoms with van der Waals surface area (Å²) in [6.45, 7) is 0.815. The molecule has 0 aliphatic heterocycles. The highest BCUT2D eigenvalue weighted by Gasteiger charge is 2.25. The molecule has 96 valence electrons. The summed E-state index contributed by atoms with van der Waals surface area (Å²) in [6.07, 6.45) is 0. The predicted octanol–water partition coefficient (Wildman–Crippen LogP) is 0.886. The van der Waals surface area contributed by atoms with Crippen LogP contribution in [-0.4, -0.2) is 38.0 Å². The third kappa shape index (κ3) is 2.80. The fourth-order valence-electron chi connectivity index (χ4n) is 1.26. The summed E-state index contributed by atoms with van der Waals surface area (Å²) in [5.41, 5.74) is 0.0439. The number of aryl methyl sites for hydroxylation is 1. The number of rotatable bonds is 4. The van der Waals surface area contributed by atoms with Gasteiger partial charge in [-0.05, 0) is 18.6 Å². The second-order valence-electron chi connectivity index (χ2n) is 3.58. The molecule has 0 heterocycles. The van der Waals surface area contributed by atoms with E-state index < -0.39 is 26.6 Å². The second-order valence-corrected chi connectivity index (χ2v) is 5.60. The summed E-state index contributed by atoms with van der Waals surface area (Å²) in [5.74, 6) is -1.94. The van der Waals surface area contributed by atoms with Gasteiger partial charge in [0, 0.05) is 19.7 Å². The largest absolute Gasteiger partial charge is 0.395 e. The van der Waals surface area contributed by atoms with E-state index in [1.807, 2.05) is 0 Å². The van der Waals surface area contributed by atoms with Gasteiger partial charge in [0.15, 0.2) is 0 Å². The van der Waals surface area contributed by atoms with Gasteiger partial charge < -0.3 is 5.11 Å². The lowest BCUT2D eigenvalue weighted by molar-refractivity contribution is 0.266. The maximum atomic E-state index is 13.4. The Hall–Kier alpha value is -1.05. The molecule has 0 radical (unpaired) electrons. The molecule has 1 aromatic rings. The van der Waals surface area contributed by atoms with Gasteiger partial charge in [0.05, 0.1) is 6.61 Å². The van der Waals surface area contributed by atoms with E-state index in [4.69, 9.17) is 5.11 Å². The number of halogens is 2. The molecule has 0 atom stereocenters. The summed E-state index contributed by atoms with van der Waals surface area (Å²) in [4.78, 5) is -0.590. The Morgan fingerprint density at radius 1 is 1.29 bits per heavy atom. The maximum Gasteiger partial charge on any atom is 0.245 e. The molecule has 0 spiro atoms. The van der Waals surface area contributed by atoms with Gasteiger partial charge in [-0.1, -0.05) is 0 Å². The Morgan fingerprint density at radius 3 is 2.41 bits per heavy atom. The number of benzene rings is 1. The second kappa shape index (κ2) is 5.07. The van der Waals surface area contributed by atoms with Gasteiger partial charge in [-0.3, -0.25) is 0 Å². The smallest absolute Gasteiger partial charge is 0.245 e. The van der Waals surface area contributed by atoms with Crippen LogP contribution in [0.4, 0.5) is 8.78 Å². The zero-order chi connectivity index (χ0) is 13.2. The minimum absolute atomic E-state index is 0.0439. The number of sulfonamides is 1. The number of likely N-dealkylation sites (N-methyl/N-ethyl adjacent to an activating group) is 1. The molecule has 1 N–H and O–H groups in total. The Bertz CT molecular complexity index is 517. The fourth-order valence-corrected chi connectivity index (χ4v) is 2.55. The van der Waals surface area contributed by atoms with E-state index in [1.54, 1.807) is 0 Å². The highest BCUT2D eigenvalue weighted by Crippen LogP contribution is 2.21. The van der Waals surface area contributed by atoms with Crippen LogP contribution in [0.15, 0.2) is 17.0 Å². The molecule has 0 bridgehead atoms. The minimum Gasteiger partial charge on any atom is -0.395 e. The molecule has 0 fully saturated rings. The van der Waals surface area contributed by atoms with Crippen molar-refractivity contribution in [3.8, 4) is 0 Å². The Morgan fingerprint density at radius 2 is 1.88 bits per heavy atom. The van der Waals surface area contributed by atoms with Crippen molar-refractivity contribution in [1.82, 2.24) is 4.31 Å². The van der Waals surface area contributed by atoms with Gasteiger partial charge in [-0.25, -0.2) is 17.2 Å². The molecule has 0 unspecified atom stereocenters. The molecule has 4 nitrogen and oxygen atoms in total. The number of hydrogen-bond donors (Lipinski definition) is 1. The Labute approximate surface area is 98.5 Å². The Balaban J connectivity index is 3.29. The molecule has 0 aromatic heterocycles. The third-order valence-corrected chi connectivity index (χ3v) is 4.19. The minimum atomic E-state index is -4.04. The molecule has 1 aromatic carbocycles. The van der Waals surface area contributed by atoms with Crippen molar-refractivity contribution in [2.45, 2.75) is 11.8 Å². The number of hydrogen-bond acceptors (Lipinski definition) is 3. The Kier molecular flexibility index (Phi) is 4.18. The SMILES string of the molecule is Cc1cc(S(=O)(=O)N(C)CCO)c(F)cc1F. The van der Waals surface area contributed by atoms with Crippen LogP contribution in [0.5, 0.6) is 0 Å². The molecule has 0 aliphatic carbocycles. The van der Waals surface area contributed by atoms with Crippen LogP contribution in [0.2, 0.25) is 0 Å². The van der Waals surface area contributed by atoms with Crippen molar-refractivity contribution in [3.63, 3.8) is 0 Å². The van der Waals surface area contributed by atoms with Gasteiger partial charge in [0.25, 0.3) is 0 Å². The monoisotopic (exact) mass is 265 g/mol. The highest BCUT2D eigenvalue weighted by molar-refractivity contribution is 7.89. The van der Waals surface area contributed by atoms with Crippen molar-refractivity contribution in [2.24, 2.45) is 0 Å². The van der Waals surface area contributed by atoms with Crippen LogP contribution >= 0.6 is 0 Å². The van der Waals surface area contributed by atoms with Crippen molar-refractivity contribution in [1.29, 1.82) is 0 Å². The van der Waals surface area contributed by atoms with Crippen LogP contribution < -0.4 is 0 Å². The molecule has 7 heteroatoms. The predicted molar refractivity (Wildman–Crippen MR) is 58.0 cm³/mol. The van der Waals surface area contributed by atoms with Crippen LogP contribution in [0.1, 0.15) is 5.56 Å². The third-order valence-electron chi connectivity index (χ3n) is 2.32. The van der Waals surface area contributed by atoms with Gasteiger partial charge in [0.1, 0.15) is 16.5 Å². The molecular weight excluding hydrogens is 252 g/mol. The number of aliphatic hydroxyl groups excluding tert-OH is 1. The van der Waals surface area contributed by atoms with E-state index in [0.29, 0.717) is 6.07 Å². The normalized spacial score (nSPS) is 12.1. The average molecular weight is 265 g/mol. The maximum absolute atomic E-state index is 13.4. The quantitative estimate of drug-likeness (QED) is 0.879.